The molecule has 0 spiro atoms. The van der Waals surface area contributed by atoms with Gasteiger partial charge in [0.05, 0.1) is 26.4 Å². The number of hydrogen-bond acceptors (Lipinski definition) is 19. The lowest BCUT2D eigenvalue weighted by molar-refractivity contribution is -0.349. The number of azide groups is 1. The molecule has 2 rings (SSSR count). The fourth-order valence-corrected chi connectivity index (χ4v) is 4.88. The molecule has 21 heteroatoms. The average Bonchev–Trinajstić information content (AvgIpc) is 2.99. The lowest BCUT2D eigenvalue weighted by Crippen LogP contribution is -2.66. The lowest BCUT2D eigenvalue weighted by Gasteiger charge is -2.48. The molecule has 0 aromatic rings. The van der Waals surface area contributed by atoms with Gasteiger partial charge in [0, 0.05) is 46.5 Å². The minimum Gasteiger partial charge on any atom is -0.463 e. The molecule has 2 aliphatic rings. The number of carbonyl (C=O) groups is 6. The zero-order valence-electron chi connectivity index (χ0n) is 27.7. The van der Waals surface area contributed by atoms with Crippen LogP contribution in [0.25, 0.3) is 10.4 Å². The molecule has 0 aromatic carbocycles. The minimum atomic E-state index is -1.79. The van der Waals surface area contributed by atoms with Crippen LogP contribution >= 0.6 is 0 Å². The molecule has 0 unspecified atom stereocenters. The maximum atomic E-state index is 12.4. The summed E-state index contributed by atoms with van der Waals surface area (Å²) in [5, 5.41) is 12.6. The minimum absolute atomic E-state index is 0.00567. The van der Waals surface area contributed by atoms with Gasteiger partial charge in [-0.2, -0.15) is 0 Å². The van der Waals surface area contributed by atoms with Crippen LogP contribution in [0.15, 0.2) is 5.11 Å². The second-order valence-corrected chi connectivity index (χ2v) is 10.5. The Kier molecular flexibility index (Phi) is 17.1. The van der Waals surface area contributed by atoms with Gasteiger partial charge in [0.15, 0.2) is 30.9 Å². The summed E-state index contributed by atoms with van der Waals surface area (Å²) in [6, 6.07) is -1.46. The van der Waals surface area contributed by atoms with E-state index in [-0.39, 0.29) is 26.4 Å². The van der Waals surface area contributed by atoms with E-state index in [4.69, 9.17) is 57.2 Å². The Morgan fingerprint density at radius 3 is 1.63 bits per heavy atom. The second-order valence-electron chi connectivity index (χ2n) is 10.5. The van der Waals surface area contributed by atoms with Gasteiger partial charge in [0.2, 0.25) is 0 Å². The van der Waals surface area contributed by atoms with Crippen molar-refractivity contribution in [2.75, 3.05) is 39.6 Å². The molecule has 2 fully saturated rings. The summed E-state index contributed by atoms with van der Waals surface area (Å²) in [4.78, 5) is 75.3. The van der Waals surface area contributed by atoms with E-state index >= 15 is 0 Å². The highest BCUT2D eigenvalue weighted by molar-refractivity contribution is 5.69. The summed E-state index contributed by atoms with van der Waals surface area (Å²) < 4.78 is 61.1. The average molecular weight is 708 g/mol. The molecule has 0 amide bonds. The van der Waals surface area contributed by atoms with Gasteiger partial charge in [-0.3, -0.25) is 28.8 Å². The third-order valence-electron chi connectivity index (χ3n) is 6.54. The summed E-state index contributed by atoms with van der Waals surface area (Å²) >= 11 is 0. The van der Waals surface area contributed by atoms with Crippen molar-refractivity contribution < 1.29 is 86.0 Å². The van der Waals surface area contributed by atoms with Crippen molar-refractivity contribution in [2.24, 2.45) is 5.11 Å². The molecule has 21 nitrogen and oxygen atoms in total. The molecular formula is C28H41N3O18. The number of esters is 6. The molecule has 0 radical (unpaired) electrons. The number of aliphatic hydroxyl groups excluding tert-OH is 1. The lowest BCUT2D eigenvalue weighted by atomic mass is 9.95. The van der Waals surface area contributed by atoms with Crippen molar-refractivity contribution in [3.05, 3.63) is 10.4 Å². The Morgan fingerprint density at radius 1 is 0.633 bits per heavy atom. The third-order valence-corrected chi connectivity index (χ3v) is 6.54. The maximum Gasteiger partial charge on any atom is 0.303 e. The van der Waals surface area contributed by atoms with Crippen LogP contribution in [-0.4, -0.2) is 142 Å². The van der Waals surface area contributed by atoms with Crippen LogP contribution in [0, 0.1) is 0 Å². The highest BCUT2D eigenvalue weighted by atomic mass is 16.8. The third kappa shape index (κ3) is 13.4. The number of ether oxygens (including phenoxy) is 11. The molecule has 0 bridgehead atoms. The van der Waals surface area contributed by atoms with E-state index < -0.39 is 110 Å². The van der Waals surface area contributed by atoms with Gasteiger partial charge in [-0.1, -0.05) is 5.11 Å². The van der Waals surface area contributed by atoms with Gasteiger partial charge in [0.25, 0.3) is 0 Å². The van der Waals surface area contributed by atoms with Crippen molar-refractivity contribution >= 4 is 35.8 Å². The number of carbonyl (C=O) groups excluding carboxylic acids is 6. The standard InChI is InChI=1S/C28H41N3O18/c1-13(33)41-11-19-22(24(44-16(4)36)21(30-31-29)27(47-19)40-10-9-39-8-7-32)49-28-26(46-18(6)38)25(45-17(5)37)23(43-15(3)35)20(48-28)12-42-14(2)34/h19-28,32H,7-12H2,1-6H3/t19-,20-,21-,22-,23+,24-,25+,26-,27+,28+/m1/s1. The predicted molar refractivity (Wildman–Crippen MR) is 154 cm³/mol. The molecular weight excluding hydrogens is 666 g/mol. The fourth-order valence-electron chi connectivity index (χ4n) is 4.88. The first kappa shape index (κ1) is 41.1. The van der Waals surface area contributed by atoms with E-state index in [9.17, 15) is 34.3 Å². The second kappa shape index (κ2) is 20.4. The Labute approximate surface area is 280 Å². The predicted octanol–water partition coefficient (Wildman–Crippen LogP) is -0.621. The molecule has 0 aromatic heterocycles. The number of aliphatic hydroxyl groups is 1. The Hall–Kier alpha value is -4.11. The molecule has 276 valence electrons. The quantitative estimate of drug-likeness (QED) is 0.0492. The largest absolute Gasteiger partial charge is 0.463 e. The van der Waals surface area contributed by atoms with Gasteiger partial charge in [-0.15, -0.1) is 0 Å². The number of nitrogens with zero attached hydrogens (tertiary/aromatic N) is 3. The SMILES string of the molecule is CC(=O)OC[C@H]1O[C@@H](O[C@H]2[C@H](OC(C)=O)[C@@H](N=[N+]=[N-])[C@@H](OCCOCCO)O[C@@H]2COC(C)=O)[C@H](OC(C)=O)[C@@H](OC(C)=O)[C@H]1OC(C)=O. The van der Waals surface area contributed by atoms with E-state index in [1.807, 2.05) is 0 Å². The highest BCUT2D eigenvalue weighted by Gasteiger charge is 2.56. The molecule has 2 aliphatic heterocycles. The normalized spacial score (nSPS) is 29.4. The van der Waals surface area contributed by atoms with Gasteiger partial charge in [-0.25, -0.2) is 0 Å². The van der Waals surface area contributed by atoms with Gasteiger partial charge in [-0.05, 0) is 5.53 Å². The first-order valence-corrected chi connectivity index (χ1v) is 14.9. The molecule has 10 atom stereocenters. The monoisotopic (exact) mass is 707 g/mol. The number of hydrogen-bond donors (Lipinski definition) is 1. The van der Waals surface area contributed by atoms with Crippen molar-refractivity contribution in [1.29, 1.82) is 0 Å². The van der Waals surface area contributed by atoms with E-state index in [1.54, 1.807) is 0 Å². The summed E-state index contributed by atoms with van der Waals surface area (Å²) in [5.74, 6) is -5.06. The van der Waals surface area contributed by atoms with E-state index in [0.29, 0.717) is 0 Å². The summed E-state index contributed by atoms with van der Waals surface area (Å²) in [5.41, 5.74) is 9.41. The Bertz CT molecular complexity index is 1210. The summed E-state index contributed by atoms with van der Waals surface area (Å²) in [6.07, 6.45) is -13.9. The van der Waals surface area contributed by atoms with Crippen LogP contribution in [0.4, 0.5) is 0 Å². The highest BCUT2D eigenvalue weighted by Crippen LogP contribution is 2.35. The van der Waals surface area contributed by atoms with E-state index in [0.717, 1.165) is 41.5 Å². The Morgan fingerprint density at radius 2 is 1.12 bits per heavy atom. The smallest absolute Gasteiger partial charge is 0.303 e. The van der Waals surface area contributed by atoms with Gasteiger partial charge < -0.3 is 57.2 Å². The zero-order valence-corrected chi connectivity index (χ0v) is 27.7. The molecule has 49 heavy (non-hydrogen) atoms. The Balaban J connectivity index is 2.65. The van der Waals surface area contributed by atoms with E-state index in [2.05, 4.69) is 10.0 Å². The topological polar surface area (TPSA) is 273 Å². The van der Waals surface area contributed by atoms with Crippen molar-refractivity contribution in [3.8, 4) is 0 Å². The zero-order chi connectivity index (χ0) is 36.7. The van der Waals surface area contributed by atoms with Crippen LogP contribution in [0.3, 0.4) is 0 Å². The van der Waals surface area contributed by atoms with Crippen LogP contribution in [0.1, 0.15) is 41.5 Å². The van der Waals surface area contributed by atoms with Crippen molar-refractivity contribution in [2.45, 2.75) is 103 Å². The van der Waals surface area contributed by atoms with Crippen LogP contribution < -0.4 is 0 Å². The molecule has 2 saturated heterocycles. The summed E-state index contributed by atoms with van der Waals surface area (Å²) in [6.45, 7) is 4.81. The first-order chi connectivity index (χ1) is 23.2. The first-order valence-electron chi connectivity index (χ1n) is 14.9. The van der Waals surface area contributed by atoms with Crippen LogP contribution in [0.5, 0.6) is 0 Å². The summed E-state index contributed by atoms with van der Waals surface area (Å²) in [7, 11) is 0. The maximum absolute atomic E-state index is 12.4. The van der Waals surface area contributed by atoms with Crippen LogP contribution in [-0.2, 0) is 80.9 Å². The van der Waals surface area contributed by atoms with Gasteiger partial charge >= 0.3 is 35.8 Å². The molecule has 0 aliphatic carbocycles. The van der Waals surface area contributed by atoms with Crippen molar-refractivity contribution in [3.63, 3.8) is 0 Å². The molecule has 0 saturated carbocycles. The fraction of sp³-hybridized carbons (Fsp3) is 0.786. The van der Waals surface area contributed by atoms with Crippen molar-refractivity contribution in [1.82, 2.24) is 0 Å². The van der Waals surface area contributed by atoms with E-state index in [1.165, 1.54) is 0 Å². The van der Waals surface area contributed by atoms with Crippen LogP contribution in [0.2, 0.25) is 0 Å². The molecule has 2 heterocycles. The van der Waals surface area contributed by atoms with Gasteiger partial charge in [0.1, 0.15) is 43.7 Å². The molecule has 1 N–H and O–H groups in total. The number of rotatable bonds is 17.